The van der Waals surface area contributed by atoms with Gasteiger partial charge in [0.25, 0.3) is 0 Å². The van der Waals surface area contributed by atoms with Gasteiger partial charge >= 0.3 is 0 Å². The van der Waals surface area contributed by atoms with Crippen LogP contribution in [0.5, 0.6) is 0 Å². The van der Waals surface area contributed by atoms with Gasteiger partial charge in [-0.3, -0.25) is 9.48 Å². The predicted molar refractivity (Wildman–Crippen MR) is 52.7 cm³/mol. The molecule has 0 fully saturated rings. The van der Waals surface area contributed by atoms with Crippen LogP contribution in [0.2, 0.25) is 0 Å². The summed E-state index contributed by atoms with van der Waals surface area (Å²) in [5.74, 6) is 0.808. The molecule has 0 aliphatic carbocycles. The van der Waals surface area contributed by atoms with E-state index >= 15 is 0 Å². The molecule has 4 heteroatoms. The molecule has 2 heterocycles. The number of aldehydes is 1. The van der Waals surface area contributed by atoms with Gasteiger partial charge in [0.2, 0.25) is 0 Å². The van der Waals surface area contributed by atoms with E-state index in [0.29, 0.717) is 5.56 Å². The van der Waals surface area contributed by atoms with Crippen molar-refractivity contribution in [1.82, 2.24) is 14.3 Å². The molecular formula is C10H11N3O. The van der Waals surface area contributed by atoms with Crippen LogP contribution >= 0.6 is 0 Å². The molecule has 0 unspecified atom stereocenters. The average Bonchev–Trinajstić information content (AvgIpc) is 2.72. The van der Waals surface area contributed by atoms with Gasteiger partial charge in [-0.2, -0.15) is 5.10 Å². The first-order chi connectivity index (χ1) is 6.74. The van der Waals surface area contributed by atoms with Gasteiger partial charge in [0.05, 0.1) is 11.3 Å². The highest BCUT2D eigenvalue weighted by atomic mass is 16.1. The van der Waals surface area contributed by atoms with Crippen molar-refractivity contribution in [3.05, 3.63) is 35.8 Å². The molecule has 2 rings (SSSR count). The van der Waals surface area contributed by atoms with Crippen molar-refractivity contribution in [2.45, 2.75) is 6.92 Å². The minimum atomic E-state index is 0.642. The van der Waals surface area contributed by atoms with Crippen molar-refractivity contribution in [3.63, 3.8) is 0 Å². The average molecular weight is 189 g/mol. The first kappa shape index (κ1) is 8.74. The summed E-state index contributed by atoms with van der Waals surface area (Å²) in [4.78, 5) is 10.9. The SMILES string of the molecule is Cc1nn(C)c(-n2cccc2)c1C=O. The first-order valence-corrected chi connectivity index (χ1v) is 4.36. The van der Waals surface area contributed by atoms with Gasteiger partial charge in [0.15, 0.2) is 6.29 Å². The highest BCUT2D eigenvalue weighted by Gasteiger charge is 2.12. The van der Waals surface area contributed by atoms with Gasteiger partial charge in [-0.25, -0.2) is 0 Å². The number of hydrogen-bond donors (Lipinski definition) is 0. The third kappa shape index (κ3) is 1.16. The first-order valence-electron chi connectivity index (χ1n) is 4.36. The Morgan fingerprint density at radius 3 is 2.57 bits per heavy atom. The Hall–Kier alpha value is -1.84. The van der Waals surface area contributed by atoms with Gasteiger partial charge in [-0.1, -0.05) is 0 Å². The Balaban J connectivity index is 2.68. The molecule has 14 heavy (non-hydrogen) atoms. The second-order valence-electron chi connectivity index (χ2n) is 3.15. The van der Waals surface area contributed by atoms with E-state index in [0.717, 1.165) is 17.8 Å². The van der Waals surface area contributed by atoms with Crippen molar-refractivity contribution in [2.75, 3.05) is 0 Å². The molecule has 0 aromatic carbocycles. The van der Waals surface area contributed by atoms with E-state index in [1.807, 2.05) is 43.1 Å². The third-order valence-corrected chi connectivity index (χ3v) is 2.20. The van der Waals surface area contributed by atoms with Gasteiger partial charge in [-0.15, -0.1) is 0 Å². The van der Waals surface area contributed by atoms with Crippen molar-refractivity contribution < 1.29 is 4.79 Å². The summed E-state index contributed by atoms with van der Waals surface area (Å²) in [6, 6.07) is 3.83. The molecule has 2 aromatic heterocycles. The van der Waals surface area contributed by atoms with Crippen LogP contribution in [0.1, 0.15) is 16.1 Å². The van der Waals surface area contributed by atoms with Crippen LogP contribution in [-0.4, -0.2) is 20.6 Å². The summed E-state index contributed by atoms with van der Waals surface area (Å²) in [6.07, 6.45) is 4.63. The van der Waals surface area contributed by atoms with Crippen LogP contribution in [0.15, 0.2) is 24.5 Å². The second-order valence-corrected chi connectivity index (χ2v) is 3.15. The molecule has 4 nitrogen and oxygen atoms in total. The maximum Gasteiger partial charge on any atom is 0.155 e. The quantitative estimate of drug-likeness (QED) is 0.668. The van der Waals surface area contributed by atoms with Gasteiger partial charge in [-0.05, 0) is 19.1 Å². The molecule has 0 saturated heterocycles. The summed E-state index contributed by atoms with van der Waals surface area (Å²) in [7, 11) is 1.83. The standard InChI is InChI=1S/C10H11N3O/c1-8-9(7-14)10(12(2)11-8)13-5-3-4-6-13/h3-7H,1-2H3. The van der Waals surface area contributed by atoms with E-state index in [2.05, 4.69) is 5.10 Å². The monoisotopic (exact) mass is 189 g/mol. The molecule has 0 radical (unpaired) electrons. The predicted octanol–water partition coefficient (Wildman–Crippen LogP) is 1.33. The zero-order valence-corrected chi connectivity index (χ0v) is 8.14. The Labute approximate surface area is 81.8 Å². The number of carbonyl (C=O) groups is 1. The van der Waals surface area contributed by atoms with E-state index in [1.165, 1.54) is 0 Å². The smallest absolute Gasteiger partial charge is 0.155 e. The van der Waals surface area contributed by atoms with Gasteiger partial charge in [0, 0.05) is 19.4 Å². The number of rotatable bonds is 2. The maximum absolute atomic E-state index is 10.9. The highest BCUT2D eigenvalue weighted by molar-refractivity contribution is 5.81. The van der Waals surface area contributed by atoms with E-state index in [-0.39, 0.29) is 0 Å². The lowest BCUT2D eigenvalue weighted by Crippen LogP contribution is -2.02. The van der Waals surface area contributed by atoms with E-state index in [4.69, 9.17) is 0 Å². The largest absolute Gasteiger partial charge is 0.308 e. The molecular weight excluding hydrogens is 178 g/mol. The number of carbonyl (C=O) groups excluding carboxylic acids is 1. The van der Waals surface area contributed by atoms with Crippen molar-refractivity contribution in [1.29, 1.82) is 0 Å². The summed E-state index contributed by atoms with van der Waals surface area (Å²) < 4.78 is 3.59. The molecule has 0 atom stereocenters. The second kappa shape index (κ2) is 3.14. The third-order valence-electron chi connectivity index (χ3n) is 2.20. The van der Waals surface area contributed by atoms with E-state index < -0.39 is 0 Å². The van der Waals surface area contributed by atoms with E-state index in [1.54, 1.807) is 4.68 Å². The van der Waals surface area contributed by atoms with Crippen molar-refractivity contribution >= 4 is 6.29 Å². The number of aromatic nitrogens is 3. The molecule has 0 aliphatic rings. The Morgan fingerprint density at radius 1 is 1.36 bits per heavy atom. The summed E-state index contributed by atoms with van der Waals surface area (Å²) >= 11 is 0. The summed E-state index contributed by atoms with van der Waals surface area (Å²) in [5.41, 5.74) is 1.40. The zero-order chi connectivity index (χ0) is 10.1. The molecule has 0 amide bonds. The molecule has 2 aromatic rings. The van der Waals surface area contributed by atoms with Crippen LogP contribution in [0, 0.1) is 6.92 Å². The lowest BCUT2D eigenvalue weighted by Gasteiger charge is -2.03. The normalized spacial score (nSPS) is 10.4. The Kier molecular flexibility index (Phi) is 1.96. The van der Waals surface area contributed by atoms with Crippen LogP contribution in [0.3, 0.4) is 0 Å². The number of aryl methyl sites for hydroxylation is 2. The fourth-order valence-electron chi connectivity index (χ4n) is 1.58. The zero-order valence-electron chi connectivity index (χ0n) is 8.14. The molecule has 0 aliphatic heterocycles. The van der Waals surface area contributed by atoms with Crippen LogP contribution < -0.4 is 0 Å². The number of nitrogens with zero attached hydrogens (tertiary/aromatic N) is 3. The topological polar surface area (TPSA) is 39.8 Å². The minimum Gasteiger partial charge on any atom is -0.308 e. The van der Waals surface area contributed by atoms with Gasteiger partial charge < -0.3 is 4.57 Å². The Morgan fingerprint density at radius 2 is 2.00 bits per heavy atom. The van der Waals surface area contributed by atoms with Crippen molar-refractivity contribution in [2.24, 2.45) is 7.05 Å². The summed E-state index contributed by atoms with van der Waals surface area (Å²) in [6.45, 7) is 1.83. The fraction of sp³-hybridized carbons (Fsp3) is 0.200. The lowest BCUT2D eigenvalue weighted by atomic mass is 10.2. The minimum absolute atomic E-state index is 0.642. The van der Waals surface area contributed by atoms with E-state index in [9.17, 15) is 4.79 Å². The maximum atomic E-state index is 10.9. The summed E-state index contributed by atoms with van der Waals surface area (Å²) in [5, 5.41) is 4.20. The molecule has 0 spiro atoms. The highest BCUT2D eigenvalue weighted by Crippen LogP contribution is 2.15. The van der Waals surface area contributed by atoms with Gasteiger partial charge in [0.1, 0.15) is 5.82 Å². The molecule has 0 N–H and O–H groups in total. The Bertz CT molecular complexity index is 454. The molecule has 0 bridgehead atoms. The fourth-order valence-corrected chi connectivity index (χ4v) is 1.58. The van der Waals surface area contributed by atoms with Crippen LogP contribution in [0.4, 0.5) is 0 Å². The van der Waals surface area contributed by atoms with Crippen LogP contribution in [-0.2, 0) is 7.05 Å². The van der Waals surface area contributed by atoms with Crippen LogP contribution in [0.25, 0.3) is 5.82 Å². The lowest BCUT2D eigenvalue weighted by molar-refractivity contribution is 0.112. The number of hydrogen-bond acceptors (Lipinski definition) is 2. The molecule has 72 valence electrons. The van der Waals surface area contributed by atoms with Crippen molar-refractivity contribution in [3.8, 4) is 5.82 Å². The molecule has 0 saturated carbocycles.